The molecule has 0 N–H and O–H groups in total. The second-order valence-electron chi connectivity index (χ2n) is 3.97. The first-order valence-electron chi connectivity index (χ1n) is 4.13. The van der Waals surface area contributed by atoms with Crippen LogP contribution in [0.4, 0.5) is 0 Å². The monoisotopic (exact) mass is 170 g/mol. The summed E-state index contributed by atoms with van der Waals surface area (Å²) in [5, 5.41) is 2.37. The molecular weight excluding hydrogens is 152 g/mol. The summed E-state index contributed by atoms with van der Waals surface area (Å²) in [5.74, 6) is 0.799. The van der Waals surface area contributed by atoms with Crippen molar-refractivity contribution in [1.29, 1.82) is 0 Å². The molecule has 1 aliphatic rings. The Hall–Kier alpha value is -0.170. The molecule has 1 heteroatoms. The van der Waals surface area contributed by atoms with Gasteiger partial charge in [-0.3, -0.25) is 0 Å². The van der Waals surface area contributed by atoms with E-state index in [1.165, 1.54) is 6.42 Å². The Bertz CT molecular complexity index is 197. The first-order valence-corrected chi connectivity index (χ1v) is 6.64. The fourth-order valence-corrected chi connectivity index (χ4v) is 3.13. The standard InChI is InChI=1S/C10H18S/c1-9(2)8-10-6-5-7-11(10,3)4/h5-7,9H,8H2,1-4H3. The van der Waals surface area contributed by atoms with Crippen LogP contribution in [-0.2, 0) is 0 Å². The van der Waals surface area contributed by atoms with Gasteiger partial charge in [0, 0.05) is 0 Å². The van der Waals surface area contributed by atoms with Gasteiger partial charge in [-0.15, -0.1) is 0 Å². The highest BCUT2D eigenvalue weighted by Gasteiger charge is 2.17. The highest BCUT2D eigenvalue weighted by atomic mass is 32.3. The van der Waals surface area contributed by atoms with Crippen molar-refractivity contribution in [3.8, 4) is 0 Å². The summed E-state index contributed by atoms with van der Waals surface area (Å²) < 4.78 is 0. The molecule has 0 atom stereocenters. The van der Waals surface area contributed by atoms with Crippen LogP contribution in [0.15, 0.2) is 22.5 Å². The van der Waals surface area contributed by atoms with Gasteiger partial charge in [-0.2, -0.15) is 0 Å². The minimum Gasteiger partial charge on any atom is -0.204 e. The van der Waals surface area contributed by atoms with Gasteiger partial charge in [0.25, 0.3) is 0 Å². The van der Waals surface area contributed by atoms with Crippen LogP contribution in [0.3, 0.4) is 0 Å². The summed E-state index contributed by atoms with van der Waals surface area (Å²) >= 11 is 0. The first-order chi connectivity index (χ1) is 5.02. The van der Waals surface area contributed by atoms with Gasteiger partial charge in [-0.05, 0) is 35.2 Å². The summed E-state index contributed by atoms with van der Waals surface area (Å²) in [5.41, 5.74) is 0. The van der Waals surface area contributed by atoms with Crippen LogP contribution < -0.4 is 0 Å². The zero-order chi connectivity index (χ0) is 8.48. The van der Waals surface area contributed by atoms with Crippen molar-refractivity contribution in [3.05, 3.63) is 22.5 Å². The maximum Gasteiger partial charge on any atom is -0.0207 e. The lowest BCUT2D eigenvalue weighted by Crippen LogP contribution is -1.96. The molecule has 0 bridgehead atoms. The highest BCUT2D eigenvalue weighted by Crippen LogP contribution is 2.55. The molecule has 0 aromatic rings. The van der Waals surface area contributed by atoms with Gasteiger partial charge in [0.1, 0.15) is 0 Å². The summed E-state index contributed by atoms with van der Waals surface area (Å²) in [4.78, 5) is 1.66. The minimum absolute atomic E-state index is 0.502. The Balaban J connectivity index is 2.62. The molecule has 1 rings (SSSR count). The molecule has 0 spiro atoms. The van der Waals surface area contributed by atoms with E-state index in [4.69, 9.17) is 0 Å². The smallest absolute Gasteiger partial charge is 0.0207 e. The van der Waals surface area contributed by atoms with Crippen LogP contribution in [0.25, 0.3) is 0 Å². The minimum atomic E-state index is -0.502. The lowest BCUT2D eigenvalue weighted by molar-refractivity contribution is 0.658. The zero-order valence-electron chi connectivity index (χ0n) is 7.92. The predicted molar refractivity (Wildman–Crippen MR) is 56.1 cm³/mol. The van der Waals surface area contributed by atoms with Crippen molar-refractivity contribution in [1.82, 2.24) is 0 Å². The summed E-state index contributed by atoms with van der Waals surface area (Å²) in [6.07, 6.45) is 10.5. The molecule has 0 saturated heterocycles. The fourth-order valence-electron chi connectivity index (χ4n) is 1.29. The van der Waals surface area contributed by atoms with Crippen molar-refractivity contribution in [2.75, 3.05) is 12.5 Å². The number of rotatable bonds is 2. The molecule has 0 unspecified atom stereocenters. The molecule has 0 amide bonds. The molecule has 0 aromatic heterocycles. The largest absolute Gasteiger partial charge is 0.204 e. The van der Waals surface area contributed by atoms with Crippen LogP contribution in [-0.4, -0.2) is 12.5 Å². The number of hydrogen-bond donors (Lipinski definition) is 0. The molecule has 0 fully saturated rings. The molecule has 0 nitrogen and oxygen atoms in total. The molecule has 1 aliphatic heterocycles. The van der Waals surface area contributed by atoms with Gasteiger partial charge in [0.05, 0.1) is 0 Å². The van der Waals surface area contributed by atoms with Crippen molar-refractivity contribution in [2.45, 2.75) is 20.3 Å². The Morgan fingerprint density at radius 1 is 1.36 bits per heavy atom. The summed E-state index contributed by atoms with van der Waals surface area (Å²) in [6.45, 7) is 4.57. The van der Waals surface area contributed by atoms with Gasteiger partial charge in [-0.1, -0.05) is 26.0 Å². The van der Waals surface area contributed by atoms with E-state index in [1.807, 2.05) is 0 Å². The van der Waals surface area contributed by atoms with Crippen molar-refractivity contribution >= 4 is 10.0 Å². The molecule has 0 aromatic carbocycles. The third-order valence-corrected chi connectivity index (χ3v) is 4.48. The van der Waals surface area contributed by atoms with Crippen LogP contribution >= 0.6 is 10.0 Å². The third-order valence-electron chi connectivity index (χ3n) is 1.99. The number of allylic oxidation sites excluding steroid dienone is 3. The van der Waals surface area contributed by atoms with Crippen LogP contribution in [0.2, 0.25) is 0 Å². The van der Waals surface area contributed by atoms with E-state index in [-0.39, 0.29) is 0 Å². The molecule has 11 heavy (non-hydrogen) atoms. The topological polar surface area (TPSA) is 0 Å². The van der Waals surface area contributed by atoms with E-state index < -0.39 is 10.0 Å². The first kappa shape index (κ1) is 8.92. The van der Waals surface area contributed by atoms with Crippen molar-refractivity contribution < 1.29 is 0 Å². The Kier molecular flexibility index (Phi) is 2.48. The SMILES string of the molecule is CC(C)CC1=CC=CS1(C)C. The summed E-state index contributed by atoms with van der Waals surface area (Å²) in [7, 11) is -0.502. The Morgan fingerprint density at radius 3 is 2.36 bits per heavy atom. The normalized spacial score (nSPS) is 23.9. The van der Waals surface area contributed by atoms with Crippen molar-refractivity contribution in [2.24, 2.45) is 5.92 Å². The van der Waals surface area contributed by atoms with E-state index in [1.54, 1.807) is 4.91 Å². The van der Waals surface area contributed by atoms with Gasteiger partial charge in [0.2, 0.25) is 0 Å². The second kappa shape index (κ2) is 3.06. The molecule has 64 valence electrons. The highest BCUT2D eigenvalue weighted by molar-refractivity contribution is 8.38. The van der Waals surface area contributed by atoms with E-state index in [0.717, 1.165) is 5.92 Å². The van der Waals surface area contributed by atoms with E-state index in [0.29, 0.717) is 0 Å². The summed E-state index contributed by atoms with van der Waals surface area (Å²) in [6, 6.07) is 0. The van der Waals surface area contributed by atoms with Gasteiger partial charge < -0.3 is 0 Å². The average Bonchev–Trinajstić information content (AvgIpc) is 2.10. The molecule has 1 heterocycles. The lowest BCUT2D eigenvalue weighted by atomic mass is 10.1. The van der Waals surface area contributed by atoms with E-state index >= 15 is 0 Å². The molecular formula is C10H18S. The predicted octanol–water partition coefficient (Wildman–Crippen LogP) is 3.51. The molecule has 0 radical (unpaired) electrons. The maximum atomic E-state index is 2.37. The van der Waals surface area contributed by atoms with Crippen molar-refractivity contribution in [3.63, 3.8) is 0 Å². The number of hydrogen-bond acceptors (Lipinski definition) is 0. The Labute approximate surface area is 71.7 Å². The molecule has 0 aliphatic carbocycles. The third kappa shape index (κ3) is 2.13. The zero-order valence-corrected chi connectivity index (χ0v) is 8.74. The Morgan fingerprint density at radius 2 is 2.00 bits per heavy atom. The molecule has 0 saturated carbocycles. The van der Waals surface area contributed by atoms with Gasteiger partial charge >= 0.3 is 0 Å². The maximum absolute atomic E-state index is 2.37. The quantitative estimate of drug-likeness (QED) is 0.595. The van der Waals surface area contributed by atoms with Crippen LogP contribution in [0.1, 0.15) is 20.3 Å². The lowest BCUT2D eigenvalue weighted by Gasteiger charge is -2.28. The van der Waals surface area contributed by atoms with Gasteiger partial charge in [0.15, 0.2) is 0 Å². The average molecular weight is 170 g/mol. The van der Waals surface area contributed by atoms with E-state index in [9.17, 15) is 0 Å². The van der Waals surface area contributed by atoms with Crippen LogP contribution in [0.5, 0.6) is 0 Å². The van der Waals surface area contributed by atoms with E-state index in [2.05, 4.69) is 43.9 Å². The second-order valence-corrected chi connectivity index (χ2v) is 7.57. The van der Waals surface area contributed by atoms with Gasteiger partial charge in [-0.25, -0.2) is 10.0 Å². The van der Waals surface area contributed by atoms with Crippen LogP contribution in [0, 0.1) is 5.92 Å². The fraction of sp³-hybridized carbons (Fsp3) is 0.600.